The van der Waals surface area contributed by atoms with Crippen molar-refractivity contribution in [3.8, 4) is 0 Å². The summed E-state index contributed by atoms with van der Waals surface area (Å²) in [5.74, 6) is 1.01. The van der Waals surface area contributed by atoms with Gasteiger partial charge in [0.05, 0.1) is 5.75 Å². The molecule has 0 heterocycles. The third-order valence-electron chi connectivity index (χ3n) is 2.63. The Hall–Kier alpha value is 0.200. The molecule has 0 aliphatic heterocycles. The molecule has 0 aliphatic carbocycles. The van der Waals surface area contributed by atoms with E-state index in [1.165, 1.54) is 4.31 Å². The van der Waals surface area contributed by atoms with Crippen LogP contribution in [0.5, 0.6) is 0 Å². The maximum Gasteiger partial charge on any atom is 0.214 e. The van der Waals surface area contributed by atoms with E-state index in [0.29, 0.717) is 11.8 Å². The molecule has 0 radical (unpaired) electrons. The molecule has 2 atom stereocenters. The van der Waals surface area contributed by atoms with Gasteiger partial charge < -0.3 is 0 Å². The van der Waals surface area contributed by atoms with E-state index in [4.69, 9.17) is 11.6 Å². The molecule has 0 spiro atoms. The van der Waals surface area contributed by atoms with Crippen molar-refractivity contribution in [2.75, 3.05) is 18.7 Å². The topological polar surface area (TPSA) is 37.4 Å². The normalized spacial score (nSPS) is 16.8. The molecule has 0 bridgehead atoms. The fourth-order valence-electron chi connectivity index (χ4n) is 1.63. The molecular formula is C11H24ClNO2S. The summed E-state index contributed by atoms with van der Waals surface area (Å²) in [6, 6.07) is 0.0486. The molecule has 16 heavy (non-hydrogen) atoms. The Balaban J connectivity index is 4.51. The minimum atomic E-state index is -3.17. The standard InChI is InChI=1S/C11H24ClNO2S/c1-9(2)6-11(4)13(5)16(14,15)8-10(3)7-12/h9-11H,6-8H2,1-5H3. The molecule has 2 unspecified atom stereocenters. The van der Waals surface area contributed by atoms with Crippen LogP contribution in [0.1, 0.15) is 34.1 Å². The van der Waals surface area contributed by atoms with Gasteiger partial charge in [-0.2, -0.15) is 0 Å². The van der Waals surface area contributed by atoms with Crippen LogP contribution in [0, 0.1) is 11.8 Å². The Morgan fingerprint density at radius 2 is 1.69 bits per heavy atom. The van der Waals surface area contributed by atoms with Crippen molar-refractivity contribution in [3.63, 3.8) is 0 Å². The van der Waals surface area contributed by atoms with Gasteiger partial charge in [0.15, 0.2) is 0 Å². The number of alkyl halides is 1. The summed E-state index contributed by atoms with van der Waals surface area (Å²) in [5.41, 5.74) is 0. The number of hydrogen-bond donors (Lipinski definition) is 0. The highest BCUT2D eigenvalue weighted by Gasteiger charge is 2.25. The van der Waals surface area contributed by atoms with Gasteiger partial charge >= 0.3 is 0 Å². The van der Waals surface area contributed by atoms with Crippen LogP contribution in [0.25, 0.3) is 0 Å². The Morgan fingerprint density at radius 3 is 2.06 bits per heavy atom. The molecule has 0 aliphatic rings. The van der Waals surface area contributed by atoms with Crippen LogP contribution in [0.2, 0.25) is 0 Å². The highest BCUT2D eigenvalue weighted by molar-refractivity contribution is 7.89. The molecule has 0 saturated carbocycles. The van der Waals surface area contributed by atoms with Crippen molar-refractivity contribution in [1.29, 1.82) is 0 Å². The lowest BCUT2D eigenvalue weighted by molar-refractivity contribution is 0.336. The molecular weight excluding hydrogens is 246 g/mol. The van der Waals surface area contributed by atoms with Crippen molar-refractivity contribution in [3.05, 3.63) is 0 Å². The van der Waals surface area contributed by atoms with Crippen molar-refractivity contribution >= 4 is 21.6 Å². The zero-order valence-electron chi connectivity index (χ0n) is 10.9. The van der Waals surface area contributed by atoms with E-state index in [1.54, 1.807) is 7.05 Å². The zero-order valence-corrected chi connectivity index (χ0v) is 12.5. The smallest absolute Gasteiger partial charge is 0.212 e. The van der Waals surface area contributed by atoms with Crippen LogP contribution in [0.4, 0.5) is 0 Å². The van der Waals surface area contributed by atoms with Crippen molar-refractivity contribution in [2.24, 2.45) is 11.8 Å². The lowest BCUT2D eigenvalue weighted by Gasteiger charge is -2.26. The summed E-state index contributed by atoms with van der Waals surface area (Å²) in [4.78, 5) is 0. The number of rotatable bonds is 7. The molecule has 98 valence electrons. The first-order valence-electron chi connectivity index (χ1n) is 5.72. The van der Waals surface area contributed by atoms with E-state index in [0.717, 1.165) is 6.42 Å². The molecule has 5 heteroatoms. The highest BCUT2D eigenvalue weighted by Crippen LogP contribution is 2.15. The molecule has 0 aromatic carbocycles. The first-order chi connectivity index (χ1) is 7.20. The third-order valence-corrected chi connectivity index (χ3v) is 5.39. The fraction of sp³-hybridized carbons (Fsp3) is 1.00. The van der Waals surface area contributed by atoms with E-state index in [9.17, 15) is 8.42 Å². The molecule has 0 fully saturated rings. The second-order valence-corrected chi connectivity index (χ2v) is 7.41. The number of nitrogens with zero attached hydrogens (tertiary/aromatic N) is 1. The van der Waals surface area contributed by atoms with Gasteiger partial charge in [-0.1, -0.05) is 20.8 Å². The van der Waals surface area contributed by atoms with E-state index in [1.807, 2.05) is 13.8 Å². The van der Waals surface area contributed by atoms with Gasteiger partial charge in [0, 0.05) is 19.0 Å². The average Bonchev–Trinajstić information content (AvgIpc) is 2.14. The summed E-state index contributed by atoms with van der Waals surface area (Å²) in [7, 11) is -1.51. The van der Waals surface area contributed by atoms with Crippen LogP contribution in [0.15, 0.2) is 0 Å². The second kappa shape index (κ2) is 6.82. The quantitative estimate of drug-likeness (QED) is 0.666. The Morgan fingerprint density at radius 1 is 1.19 bits per heavy atom. The van der Waals surface area contributed by atoms with Crippen LogP contribution in [-0.4, -0.2) is 37.4 Å². The van der Waals surface area contributed by atoms with E-state index >= 15 is 0 Å². The molecule has 0 rings (SSSR count). The lowest BCUT2D eigenvalue weighted by Crippen LogP contribution is -2.38. The number of halogens is 1. The predicted octanol–water partition coefficient (Wildman–Crippen LogP) is 2.56. The van der Waals surface area contributed by atoms with Gasteiger partial charge in [-0.15, -0.1) is 11.6 Å². The Kier molecular flexibility index (Phi) is 6.90. The number of hydrogen-bond acceptors (Lipinski definition) is 2. The monoisotopic (exact) mass is 269 g/mol. The van der Waals surface area contributed by atoms with E-state index in [2.05, 4.69) is 13.8 Å². The maximum absolute atomic E-state index is 12.0. The van der Waals surface area contributed by atoms with E-state index in [-0.39, 0.29) is 17.7 Å². The van der Waals surface area contributed by atoms with Crippen molar-refractivity contribution in [1.82, 2.24) is 4.31 Å². The Bertz CT molecular complexity index is 290. The van der Waals surface area contributed by atoms with Gasteiger partial charge in [-0.3, -0.25) is 0 Å². The van der Waals surface area contributed by atoms with Crippen LogP contribution >= 0.6 is 11.6 Å². The predicted molar refractivity (Wildman–Crippen MR) is 70.4 cm³/mol. The summed E-state index contributed by atoms with van der Waals surface area (Å²) in [6.07, 6.45) is 0.880. The average molecular weight is 270 g/mol. The highest BCUT2D eigenvalue weighted by atomic mass is 35.5. The molecule has 0 saturated heterocycles. The Labute approximate surface area is 105 Å². The molecule has 3 nitrogen and oxygen atoms in total. The first kappa shape index (κ1) is 16.2. The van der Waals surface area contributed by atoms with E-state index < -0.39 is 10.0 Å². The molecule has 0 aromatic rings. The second-order valence-electron chi connectivity index (χ2n) is 5.03. The van der Waals surface area contributed by atoms with Crippen LogP contribution < -0.4 is 0 Å². The van der Waals surface area contributed by atoms with Gasteiger partial charge in [-0.05, 0) is 25.2 Å². The van der Waals surface area contributed by atoms with Gasteiger partial charge in [0.2, 0.25) is 10.0 Å². The summed E-state index contributed by atoms with van der Waals surface area (Å²) in [6.45, 7) is 7.99. The molecule has 0 N–H and O–H groups in total. The van der Waals surface area contributed by atoms with Gasteiger partial charge in [0.1, 0.15) is 0 Å². The SMILES string of the molecule is CC(C)CC(C)N(C)S(=O)(=O)CC(C)CCl. The summed E-state index contributed by atoms with van der Waals surface area (Å²) < 4.78 is 25.5. The maximum atomic E-state index is 12.0. The van der Waals surface area contributed by atoms with Crippen LogP contribution in [0.3, 0.4) is 0 Å². The minimum Gasteiger partial charge on any atom is -0.212 e. The summed E-state index contributed by atoms with van der Waals surface area (Å²) in [5, 5.41) is 0. The first-order valence-corrected chi connectivity index (χ1v) is 7.86. The molecule has 0 amide bonds. The third kappa shape index (κ3) is 5.51. The fourth-order valence-corrected chi connectivity index (χ4v) is 3.57. The lowest BCUT2D eigenvalue weighted by atomic mass is 10.1. The minimum absolute atomic E-state index is 0.000340. The summed E-state index contributed by atoms with van der Waals surface area (Å²) >= 11 is 5.64. The largest absolute Gasteiger partial charge is 0.214 e. The number of sulfonamides is 1. The van der Waals surface area contributed by atoms with Gasteiger partial charge in [0.25, 0.3) is 0 Å². The zero-order chi connectivity index (χ0) is 12.9. The molecule has 0 aromatic heterocycles. The van der Waals surface area contributed by atoms with Crippen molar-refractivity contribution in [2.45, 2.75) is 40.2 Å². The van der Waals surface area contributed by atoms with Gasteiger partial charge in [-0.25, -0.2) is 12.7 Å². The van der Waals surface area contributed by atoms with Crippen LogP contribution in [-0.2, 0) is 10.0 Å². The van der Waals surface area contributed by atoms with Crippen molar-refractivity contribution < 1.29 is 8.42 Å².